The second kappa shape index (κ2) is 4.82. The van der Waals surface area contributed by atoms with E-state index in [9.17, 15) is 8.42 Å². The molecule has 0 atom stereocenters. The smallest absolute Gasteiger partial charge is 0.211 e. The fourth-order valence-corrected chi connectivity index (χ4v) is 2.43. The van der Waals surface area contributed by atoms with Crippen LogP contribution in [0.4, 0.5) is 0 Å². The lowest BCUT2D eigenvalue weighted by Gasteiger charge is -2.10. The van der Waals surface area contributed by atoms with Gasteiger partial charge in [-0.25, -0.2) is 13.1 Å². The van der Waals surface area contributed by atoms with E-state index in [1.54, 1.807) is 0 Å². The van der Waals surface area contributed by atoms with E-state index in [2.05, 4.69) is 4.72 Å². The highest BCUT2D eigenvalue weighted by Crippen LogP contribution is 2.02. The number of hydrogen-bond acceptors (Lipinski definition) is 2. The molecule has 0 unspecified atom stereocenters. The number of rotatable bonds is 5. The summed E-state index contributed by atoms with van der Waals surface area (Å²) in [6.07, 6.45) is 0.724. The van der Waals surface area contributed by atoms with E-state index in [1.807, 2.05) is 27.7 Å². The zero-order valence-electron chi connectivity index (χ0n) is 8.29. The molecule has 1 N–H and O–H groups in total. The zero-order valence-corrected chi connectivity index (χ0v) is 9.11. The Labute approximate surface area is 75.6 Å². The van der Waals surface area contributed by atoms with E-state index in [0.29, 0.717) is 5.92 Å². The van der Waals surface area contributed by atoms with Crippen molar-refractivity contribution in [3.63, 3.8) is 0 Å². The molecule has 74 valence electrons. The molecule has 3 nitrogen and oxygen atoms in total. The van der Waals surface area contributed by atoms with Gasteiger partial charge >= 0.3 is 0 Å². The third-order valence-electron chi connectivity index (χ3n) is 1.38. The van der Waals surface area contributed by atoms with Crippen molar-refractivity contribution in [2.45, 2.75) is 40.2 Å². The average molecular weight is 193 g/mol. The Balaban J connectivity index is 3.89. The van der Waals surface area contributed by atoms with Gasteiger partial charge in [-0.05, 0) is 26.2 Å². The molecule has 0 rings (SSSR count). The molecule has 0 amide bonds. The van der Waals surface area contributed by atoms with Gasteiger partial charge in [0.1, 0.15) is 0 Å². The van der Waals surface area contributed by atoms with Crippen molar-refractivity contribution in [2.75, 3.05) is 5.75 Å². The number of hydrogen-bond donors (Lipinski definition) is 1. The van der Waals surface area contributed by atoms with Gasteiger partial charge in [0.15, 0.2) is 0 Å². The number of nitrogens with one attached hydrogen (secondary N) is 1. The molecular formula is C8H19NO2S. The van der Waals surface area contributed by atoms with Crippen LogP contribution >= 0.6 is 0 Å². The summed E-state index contributed by atoms with van der Waals surface area (Å²) in [4.78, 5) is 0. The Morgan fingerprint density at radius 3 is 2.00 bits per heavy atom. The zero-order chi connectivity index (χ0) is 9.78. The minimum atomic E-state index is -3.03. The average Bonchev–Trinajstić information content (AvgIpc) is 1.81. The van der Waals surface area contributed by atoms with Crippen molar-refractivity contribution in [1.29, 1.82) is 0 Å². The standard InChI is InChI=1S/C8H19NO2S/c1-7(2)5-6-12(10,11)9-8(3)4/h7-9H,5-6H2,1-4H3. The highest BCUT2D eigenvalue weighted by atomic mass is 32.2. The van der Waals surface area contributed by atoms with Gasteiger partial charge in [0.05, 0.1) is 5.75 Å². The Morgan fingerprint density at radius 2 is 1.67 bits per heavy atom. The lowest BCUT2D eigenvalue weighted by atomic mass is 10.2. The van der Waals surface area contributed by atoms with Gasteiger partial charge in [-0.15, -0.1) is 0 Å². The lowest BCUT2D eigenvalue weighted by molar-refractivity contribution is 0.552. The van der Waals surface area contributed by atoms with Crippen molar-refractivity contribution in [1.82, 2.24) is 4.72 Å². The van der Waals surface area contributed by atoms with Gasteiger partial charge in [-0.1, -0.05) is 13.8 Å². The van der Waals surface area contributed by atoms with Gasteiger partial charge in [-0.2, -0.15) is 0 Å². The summed E-state index contributed by atoms with van der Waals surface area (Å²) in [6, 6.07) is 0.00200. The summed E-state index contributed by atoms with van der Waals surface area (Å²) in [6.45, 7) is 7.69. The molecule has 4 heteroatoms. The first-order valence-corrected chi connectivity index (χ1v) is 5.98. The van der Waals surface area contributed by atoms with Crippen molar-refractivity contribution in [3.05, 3.63) is 0 Å². The number of sulfonamides is 1. The molecule has 0 aliphatic heterocycles. The van der Waals surface area contributed by atoms with Crippen LogP contribution in [0, 0.1) is 5.92 Å². The molecule has 0 spiro atoms. The molecule has 0 saturated carbocycles. The molecule has 0 aromatic heterocycles. The molecule has 0 aliphatic carbocycles. The normalized spacial score (nSPS) is 12.8. The third kappa shape index (κ3) is 6.61. The van der Waals surface area contributed by atoms with E-state index >= 15 is 0 Å². The summed E-state index contributed by atoms with van der Waals surface area (Å²) < 4.78 is 25.0. The molecule has 0 bridgehead atoms. The van der Waals surface area contributed by atoms with Gasteiger partial charge in [0.25, 0.3) is 0 Å². The predicted octanol–water partition coefficient (Wildman–Crippen LogP) is 1.36. The second-order valence-electron chi connectivity index (χ2n) is 3.77. The molecule has 0 aromatic carbocycles. The molecule has 0 heterocycles. The minimum Gasteiger partial charge on any atom is -0.213 e. The SMILES string of the molecule is CC(C)CCS(=O)(=O)NC(C)C. The van der Waals surface area contributed by atoms with Crippen molar-refractivity contribution >= 4 is 10.0 Å². The van der Waals surface area contributed by atoms with E-state index in [1.165, 1.54) is 0 Å². The van der Waals surface area contributed by atoms with Gasteiger partial charge in [-0.3, -0.25) is 0 Å². The van der Waals surface area contributed by atoms with Crippen LogP contribution in [-0.2, 0) is 10.0 Å². The molecule has 0 radical (unpaired) electrons. The molecule has 0 aromatic rings. The summed E-state index contributed by atoms with van der Waals surface area (Å²) in [5.41, 5.74) is 0. The second-order valence-corrected chi connectivity index (χ2v) is 5.65. The largest absolute Gasteiger partial charge is 0.213 e. The highest BCUT2D eigenvalue weighted by molar-refractivity contribution is 7.89. The fourth-order valence-electron chi connectivity index (χ4n) is 0.809. The van der Waals surface area contributed by atoms with Crippen LogP contribution in [0.2, 0.25) is 0 Å². The van der Waals surface area contributed by atoms with E-state index in [4.69, 9.17) is 0 Å². The molecule has 0 saturated heterocycles. The van der Waals surface area contributed by atoms with Crippen molar-refractivity contribution < 1.29 is 8.42 Å². The first-order chi connectivity index (χ1) is 5.33. The lowest BCUT2D eigenvalue weighted by Crippen LogP contribution is -2.32. The maximum Gasteiger partial charge on any atom is 0.211 e. The Morgan fingerprint density at radius 1 is 1.17 bits per heavy atom. The molecule has 12 heavy (non-hydrogen) atoms. The monoisotopic (exact) mass is 193 g/mol. The molecular weight excluding hydrogens is 174 g/mol. The highest BCUT2D eigenvalue weighted by Gasteiger charge is 2.11. The molecule has 0 aliphatic rings. The van der Waals surface area contributed by atoms with E-state index in [0.717, 1.165) is 6.42 Å². The fraction of sp³-hybridized carbons (Fsp3) is 1.00. The Hall–Kier alpha value is -0.0900. The third-order valence-corrected chi connectivity index (χ3v) is 2.98. The summed E-state index contributed by atoms with van der Waals surface area (Å²) in [7, 11) is -3.03. The quantitative estimate of drug-likeness (QED) is 0.716. The summed E-state index contributed by atoms with van der Waals surface area (Å²) >= 11 is 0. The summed E-state index contributed by atoms with van der Waals surface area (Å²) in [5, 5.41) is 0. The van der Waals surface area contributed by atoms with Gasteiger partial charge in [0, 0.05) is 6.04 Å². The Kier molecular flexibility index (Phi) is 4.78. The van der Waals surface area contributed by atoms with Gasteiger partial charge < -0.3 is 0 Å². The summed E-state index contributed by atoms with van der Waals surface area (Å²) in [5.74, 6) is 0.678. The minimum absolute atomic E-state index is 0.00200. The topological polar surface area (TPSA) is 46.2 Å². The van der Waals surface area contributed by atoms with E-state index in [-0.39, 0.29) is 11.8 Å². The maximum absolute atomic E-state index is 11.2. The van der Waals surface area contributed by atoms with Crippen molar-refractivity contribution in [3.8, 4) is 0 Å². The van der Waals surface area contributed by atoms with Crippen LogP contribution in [0.25, 0.3) is 0 Å². The first-order valence-electron chi connectivity index (χ1n) is 4.33. The first kappa shape index (κ1) is 11.9. The van der Waals surface area contributed by atoms with Gasteiger partial charge in [0.2, 0.25) is 10.0 Å². The predicted molar refractivity (Wildman–Crippen MR) is 51.5 cm³/mol. The Bertz CT molecular complexity index is 207. The van der Waals surface area contributed by atoms with Crippen LogP contribution in [0.5, 0.6) is 0 Å². The van der Waals surface area contributed by atoms with Crippen LogP contribution in [0.1, 0.15) is 34.1 Å². The van der Waals surface area contributed by atoms with Crippen LogP contribution in [0.15, 0.2) is 0 Å². The molecule has 0 fully saturated rings. The van der Waals surface area contributed by atoms with E-state index < -0.39 is 10.0 Å². The maximum atomic E-state index is 11.2. The van der Waals surface area contributed by atoms with Crippen LogP contribution in [-0.4, -0.2) is 20.2 Å². The van der Waals surface area contributed by atoms with Crippen LogP contribution < -0.4 is 4.72 Å². The van der Waals surface area contributed by atoms with Crippen molar-refractivity contribution in [2.24, 2.45) is 5.92 Å². The van der Waals surface area contributed by atoms with Crippen LogP contribution in [0.3, 0.4) is 0 Å².